The zero-order valence-corrected chi connectivity index (χ0v) is 17.9. The highest BCUT2D eigenvalue weighted by Crippen LogP contribution is 2.29. The molecule has 170 valence electrons. The molecule has 2 aromatic heterocycles. The van der Waals surface area contributed by atoms with Crippen LogP contribution >= 0.6 is 0 Å². The summed E-state index contributed by atoms with van der Waals surface area (Å²) in [6.45, 7) is 1.64. The molecule has 1 aliphatic rings. The van der Waals surface area contributed by atoms with Crippen LogP contribution in [0.2, 0.25) is 0 Å². The third kappa shape index (κ3) is 4.35. The molecule has 1 aromatic carbocycles. The van der Waals surface area contributed by atoms with Crippen molar-refractivity contribution in [2.75, 3.05) is 38.2 Å². The Morgan fingerprint density at radius 1 is 1.19 bits per heavy atom. The molecular weight excluding hydrogens is 440 g/mol. The Bertz CT molecular complexity index is 1300. The maximum atomic E-state index is 12.8. The first-order valence-electron chi connectivity index (χ1n) is 10.0. The van der Waals surface area contributed by atoms with E-state index in [1.165, 1.54) is 25.5 Å². The Labute approximate surface area is 183 Å². The number of ether oxygens (including phenoxy) is 1. The lowest BCUT2D eigenvalue weighted by Gasteiger charge is -2.26. The zero-order valence-electron chi connectivity index (χ0n) is 17.1. The lowest BCUT2D eigenvalue weighted by atomic mass is 10.2. The van der Waals surface area contributed by atoms with Crippen LogP contribution in [0, 0.1) is 10.1 Å². The van der Waals surface area contributed by atoms with Crippen molar-refractivity contribution in [3.05, 3.63) is 63.2 Å². The molecule has 1 fully saturated rings. The van der Waals surface area contributed by atoms with Crippen molar-refractivity contribution in [3.8, 4) is 0 Å². The van der Waals surface area contributed by atoms with Crippen LogP contribution in [0.4, 0.5) is 11.4 Å². The quantitative estimate of drug-likeness (QED) is 0.296. The first kappa shape index (κ1) is 21.9. The van der Waals surface area contributed by atoms with Gasteiger partial charge >= 0.3 is 5.69 Å². The molecule has 1 N–H and O–H groups in total. The average molecular weight is 462 g/mol. The molecule has 0 spiro atoms. The summed E-state index contributed by atoms with van der Waals surface area (Å²) in [5, 5.41) is 18.7. The van der Waals surface area contributed by atoms with Gasteiger partial charge in [-0.3, -0.25) is 14.5 Å². The highest BCUT2D eigenvalue weighted by atomic mass is 32.2. The molecule has 13 heteroatoms. The largest absolute Gasteiger partial charge is 0.379 e. The van der Waals surface area contributed by atoms with Gasteiger partial charge in [-0.05, 0) is 30.7 Å². The summed E-state index contributed by atoms with van der Waals surface area (Å²) in [6.07, 6.45) is 2.12. The van der Waals surface area contributed by atoms with Crippen LogP contribution in [0.5, 0.6) is 0 Å². The van der Waals surface area contributed by atoms with Crippen LogP contribution < -0.4 is 11.0 Å². The molecule has 0 unspecified atom stereocenters. The minimum absolute atomic E-state index is 0.132. The summed E-state index contributed by atoms with van der Waals surface area (Å²) in [5.41, 5.74) is 0.157. The van der Waals surface area contributed by atoms with Gasteiger partial charge in [-0.1, -0.05) is 6.07 Å². The number of pyridine rings is 1. The van der Waals surface area contributed by atoms with Gasteiger partial charge in [0, 0.05) is 38.4 Å². The van der Waals surface area contributed by atoms with Crippen molar-refractivity contribution < 1.29 is 18.1 Å². The fraction of sp³-hybridized carbons (Fsp3) is 0.368. The van der Waals surface area contributed by atoms with Gasteiger partial charge in [0.05, 0.1) is 23.0 Å². The number of morpholine rings is 1. The van der Waals surface area contributed by atoms with E-state index in [0.29, 0.717) is 25.2 Å². The fourth-order valence-electron chi connectivity index (χ4n) is 3.47. The Morgan fingerprint density at radius 3 is 2.69 bits per heavy atom. The van der Waals surface area contributed by atoms with E-state index in [-0.39, 0.29) is 48.3 Å². The minimum Gasteiger partial charge on any atom is -0.379 e. The molecule has 0 atom stereocenters. The van der Waals surface area contributed by atoms with E-state index in [1.54, 1.807) is 24.4 Å². The molecule has 0 aliphatic carbocycles. The molecule has 12 nitrogen and oxygen atoms in total. The molecule has 4 rings (SSSR count). The second kappa shape index (κ2) is 9.06. The van der Waals surface area contributed by atoms with Crippen molar-refractivity contribution in [1.82, 2.24) is 18.5 Å². The van der Waals surface area contributed by atoms with Gasteiger partial charge in [-0.2, -0.15) is 4.31 Å². The topological polar surface area (TPSA) is 141 Å². The lowest BCUT2D eigenvalue weighted by Crippen LogP contribution is -2.40. The van der Waals surface area contributed by atoms with Crippen LogP contribution in [0.15, 0.2) is 52.3 Å². The summed E-state index contributed by atoms with van der Waals surface area (Å²) in [4.78, 5) is 23.1. The van der Waals surface area contributed by atoms with Crippen molar-refractivity contribution in [3.63, 3.8) is 0 Å². The smallest absolute Gasteiger partial charge is 0.350 e. The van der Waals surface area contributed by atoms with E-state index >= 15 is 0 Å². The van der Waals surface area contributed by atoms with Gasteiger partial charge in [0.25, 0.3) is 5.69 Å². The van der Waals surface area contributed by atoms with Crippen LogP contribution in [0.3, 0.4) is 0 Å². The maximum absolute atomic E-state index is 12.8. The number of hydrogen-bond donors (Lipinski definition) is 1. The number of benzene rings is 1. The van der Waals surface area contributed by atoms with E-state index in [9.17, 15) is 23.3 Å². The first-order chi connectivity index (χ1) is 15.4. The molecular formula is C19H22N6O6S. The van der Waals surface area contributed by atoms with Crippen molar-refractivity contribution in [2.24, 2.45) is 0 Å². The van der Waals surface area contributed by atoms with Crippen molar-refractivity contribution in [1.29, 1.82) is 0 Å². The van der Waals surface area contributed by atoms with Gasteiger partial charge in [0.1, 0.15) is 5.69 Å². The lowest BCUT2D eigenvalue weighted by molar-refractivity contribution is -0.384. The number of aromatic nitrogens is 3. The number of nitro groups is 1. The summed E-state index contributed by atoms with van der Waals surface area (Å²) >= 11 is 0. The minimum atomic E-state index is -3.84. The standard InChI is InChI=1S/C19H22N6O6S/c26-19-23-8-2-1-4-18(23)21-24(19)9-3-7-20-16-6-5-15(14-17(16)25(27)28)32(29,30)22-10-12-31-13-11-22/h1-2,4-6,8,14,20H,3,7,9-13H2. The van der Waals surface area contributed by atoms with E-state index in [0.717, 1.165) is 6.07 Å². The third-order valence-electron chi connectivity index (χ3n) is 5.12. The number of sulfonamides is 1. The number of anilines is 1. The summed E-state index contributed by atoms with van der Waals surface area (Å²) in [6, 6.07) is 9.07. The van der Waals surface area contributed by atoms with Crippen LogP contribution in [-0.4, -0.2) is 64.7 Å². The van der Waals surface area contributed by atoms with Gasteiger partial charge in [-0.15, -0.1) is 5.10 Å². The van der Waals surface area contributed by atoms with Crippen LogP contribution in [0.25, 0.3) is 5.65 Å². The monoisotopic (exact) mass is 462 g/mol. The molecule has 3 aromatic rings. The van der Waals surface area contributed by atoms with Gasteiger partial charge in [-0.25, -0.2) is 17.9 Å². The van der Waals surface area contributed by atoms with E-state index in [2.05, 4.69) is 10.4 Å². The molecule has 3 heterocycles. The Balaban J connectivity index is 1.44. The second-order valence-corrected chi connectivity index (χ2v) is 9.11. The Morgan fingerprint density at radius 2 is 1.97 bits per heavy atom. The Kier molecular flexibility index (Phi) is 6.21. The number of fused-ring (bicyclic) bond motifs is 1. The van der Waals surface area contributed by atoms with Crippen molar-refractivity contribution >= 4 is 27.0 Å². The number of aryl methyl sites for hydroxylation is 1. The zero-order chi connectivity index (χ0) is 22.7. The predicted molar refractivity (Wildman–Crippen MR) is 115 cm³/mol. The number of rotatable bonds is 8. The van der Waals surface area contributed by atoms with E-state index in [4.69, 9.17) is 4.74 Å². The highest BCUT2D eigenvalue weighted by Gasteiger charge is 2.28. The molecule has 0 amide bonds. The number of nitro benzene ring substituents is 1. The van der Waals surface area contributed by atoms with Crippen LogP contribution in [-0.2, 0) is 21.3 Å². The number of hydrogen-bond acceptors (Lipinski definition) is 8. The molecule has 0 radical (unpaired) electrons. The van der Waals surface area contributed by atoms with Gasteiger partial charge in [0.15, 0.2) is 5.65 Å². The van der Waals surface area contributed by atoms with E-state index < -0.39 is 14.9 Å². The van der Waals surface area contributed by atoms with Gasteiger partial charge in [0.2, 0.25) is 10.0 Å². The summed E-state index contributed by atoms with van der Waals surface area (Å²) in [5.74, 6) is 0. The molecule has 1 saturated heterocycles. The molecule has 1 aliphatic heterocycles. The SMILES string of the molecule is O=c1n(CCCNc2ccc(S(=O)(=O)N3CCOCC3)cc2[N+](=O)[O-])nc2ccccn12. The fourth-order valence-corrected chi connectivity index (χ4v) is 4.90. The van der Waals surface area contributed by atoms with Crippen LogP contribution in [0.1, 0.15) is 6.42 Å². The number of nitrogens with zero attached hydrogens (tertiary/aromatic N) is 5. The maximum Gasteiger partial charge on any atom is 0.350 e. The predicted octanol–water partition coefficient (Wildman–Crippen LogP) is 0.927. The second-order valence-electron chi connectivity index (χ2n) is 7.17. The van der Waals surface area contributed by atoms with Crippen molar-refractivity contribution in [2.45, 2.75) is 17.9 Å². The summed E-state index contributed by atoms with van der Waals surface area (Å²) < 4.78 is 34.8. The number of nitrogens with one attached hydrogen (secondary N) is 1. The molecule has 32 heavy (non-hydrogen) atoms. The third-order valence-corrected chi connectivity index (χ3v) is 7.02. The average Bonchev–Trinajstić information content (AvgIpc) is 3.13. The normalized spacial score (nSPS) is 15.1. The summed E-state index contributed by atoms with van der Waals surface area (Å²) in [7, 11) is -3.84. The highest BCUT2D eigenvalue weighted by molar-refractivity contribution is 7.89. The first-order valence-corrected chi connectivity index (χ1v) is 11.5. The molecule has 0 saturated carbocycles. The van der Waals surface area contributed by atoms with E-state index in [1.807, 2.05) is 0 Å². The molecule has 0 bridgehead atoms. The van der Waals surface area contributed by atoms with Gasteiger partial charge < -0.3 is 10.1 Å². The Hall–Kier alpha value is -3.29.